The van der Waals surface area contributed by atoms with Crippen LogP contribution in [-0.4, -0.2) is 12.1 Å². The van der Waals surface area contributed by atoms with Crippen molar-refractivity contribution >= 4 is 11.8 Å². The Morgan fingerprint density at radius 3 is 2.30 bits per heavy atom. The number of nitrogens with zero attached hydrogens (tertiary/aromatic N) is 1. The van der Waals surface area contributed by atoms with E-state index in [1.165, 1.54) is 16.0 Å². The lowest BCUT2D eigenvalue weighted by atomic mass is 10.1. The molecule has 1 atom stereocenters. The van der Waals surface area contributed by atoms with E-state index in [0.29, 0.717) is 0 Å². The number of hydrogen-bond donors (Lipinski definition) is 0. The molecular weight excluding hydrogens is 302 g/mol. The Balaban J connectivity index is 1.98. The van der Waals surface area contributed by atoms with Gasteiger partial charge in [0.2, 0.25) is 0 Å². The maximum absolute atomic E-state index is 5.27. The lowest BCUT2D eigenvalue weighted by Gasteiger charge is -2.18. The summed E-state index contributed by atoms with van der Waals surface area (Å²) in [5.41, 5.74) is 3.57. The van der Waals surface area contributed by atoms with Crippen LogP contribution in [0.1, 0.15) is 22.1 Å². The highest BCUT2D eigenvalue weighted by molar-refractivity contribution is 7.99. The first kappa shape index (κ1) is 15.6. The first-order valence-electron chi connectivity index (χ1n) is 7.55. The molecule has 3 heteroatoms. The summed E-state index contributed by atoms with van der Waals surface area (Å²) >= 11 is 1.83. The number of hydrogen-bond acceptors (Lipinski definition) is 3. The van der Waals surface area contributed by atoms with Gasteiger partial charge in [0.25, 0.3) is 0 Å². The van der Waals surface area contributed by atoms with Gasteiger partial charge in [0.15, 0.2) is 0 Å². The Kier molecular flexibility index (Phi) is 4.99. The van der Waals surface area contributed by atoms with Crippen LogP contribution in [-0.2, 0) is 0 Å². The van der Waals surface area contributed by atoms with E-state index in [1.54, 1.807) is 7.11 Å². The largest absolute Gasteiger partial charge is 0.497 e. The predicted molar refractivity (Wildman–Crippen MR) is 96.1 cm³/mol. The van der Waals surface area contributed by atoms with Crippen LogP contribution in [0.5, 0.6) is 5.75 Å². The Morgan fingerprint density at radius 2 is 1.65 bits per heavy atom. The maximum atomic E-state index is 5.27. The molecule has 2 aromatic carbocycles. The average molecular weight is 321 g/mol. The molecule has 3 rings (SSSR count). The molecule has 0 radical (unpaired) electrons. The molecule has 2 nitrogen and oxygen atoms in total. The fraction of sp³-hybridized carbons (Fsp3) is 0.150. The standard InChI is InChI=1S/C20H19NOS/c1-15-7-3-4-9-19(15)23-20(18-8-5-6-14-21-18)16-10-12-17(22-2)13-11-16/h3-14,20H,1-2H3. The fourth-order valence-corrected chi connectivity index (χ4v) is 3.64. The van der Waals surface area contributed by atoms with Crippen molar-refractivity contribution in [1.29, 1.82) is 0 Å². The van der Waals surface area contributed by atoms with Gasteiger partial charge in [-0.3, -0.25) is 4.98 Å². The second kappa shape index (κ2) is 7.34. The van der Waals surface area contributed by atoms with Crippen molar-refractivity contribution in [2.75, 3.05) is 7.11 Å². The Bertz CT molecular complexity index is 756. The highest BCUT2D eigenvalue weighted by Crippen LogP contribution is 2.41. The normalized spacial score (nSPS) is 11.9. The van der Waals surface area contributed by atoms with Crippen LogP contribution in [0.3, 0.4) is 0 Å². The summed E-state index contributed by atoms with van der Waals surface area (Å²) in [6.07, 6.45) is 1.85. The van der Waals surface area contributed by atoms with Gasteiger partial charge in [0.05, 0.1) is 18.1 Å². The van der Waals surface area contributed by atoms with E-state index in [1.807, 2.05) is 42.2 Å². The lowest BCUT2D eigenvalue weighted by molar-refractivity contribution is 0.414. The van der Waals surface area contributed by atoms with Gasteiger partial charge in [-0.05, 0) is 48.4 Å². The molecule has 3 aromatic rings. The molecule has 0 aliphatic rings. The van der Waals surface area contributed by atoms with Gasteiger partial charge in [-0.25, -0.2) is 0 Å². The molecule has 0 saturated carbocycles. The van der Waals surface area contributed by atoms with E-state index in [2.05, 4.69) is 54.4 Å². The summed E-state index contributed by atoms with van der Waals surface area (Å²) in [6, 6.07) is 22.8. The Hall–Kier alpha value is -2.26. The van der Waals surface area contributed by atoms with Gasteiger partial charge in [-0.2, -0.15) is 0 Å². The SMILES string of the molecule is COc1ccc(C(Sc2ccccc2C)c2ccccn2)cc1. The maximum Gasteiger partial charge on any atom is 0.118 e. The van der Waals surface area contributed by atoms with Crippen molar-refractivity contribution < 1.29 is 4.74 Å². The molecule has 0 bridgehead atoms. The zero-order valence-electron chi connectivity index (χ0n) is 13.3. The first-order valence-corrected chi connectivity index (χ1v) is 8.43. The van der Waals surface area contributed by atoms with Crippen LogP contribution in [0.25, 0.3) is 0 Å². The van der Waals surface area contributed by atoms with Gasteiger partial charge in [-0.15, -0.1) is 11.8 Å². The summed E-state index contributed by atoms with van der Waals surface area (Å²) in [6.45, 7) is 2.14. The number of thioether (sulfide) groups is 1. The summed E-state index contributed by atoms with van der Waals surface area (Å²) < 4.78 is 5.27. The highest BCUT2D eigenvalue weighted by Gasteiger charge is 2.18. The van der Waals surface area contributed by atoms with Crippen LogP contribution in [0, 0.1) is 6.92 Å². The van der Waals surface area contributed by atoms with Crippen molar-refractivity contribution in [1.82, 2.24) is 4.98 Å². The van der Waals surface area contributed by atoms with Crippen molar-refractivity contribution in [2.45, 2.75) is 17.1 Å². The lowest BCUT2D eigenvalue weighted by Crippen LogP contribution is -2.00. The third-order valence-electron chi connectivity index (χ3n) is 3.71. The van der Waals surface area contributed by atoms with E-state index >= 15 is 0 Å². The molecule has 1 aromatic heterocycles. The van der Waals surface area contributed by atoms with Crippen LogP contribution in [0.4, 0.5) is 0 Å². The van der Waals surface area contributed by atoms with E-state index in [-0.39, 0.29) is 5.25 Å². The van der Waals surface area contributed by atoms with Gasteiger partial charge in [0, 0.05) is 11.1 Å². The summed E-state index contributed by atoms with van der Waals surface area (Å²) in [5, 5.41) is 0.156. The molecule has 0 spiro atoms. The van der Waals surface area contributed by atoms with E-state index < -0.39 is 0 Å². The van der Waals surface area contributed by atoms with Crippen LogP contribution in [0.15, 0.2) is 77.8 Å². The molecule has 1 unspecified atom stereocenters. The Labute approximate surface area is 141 Å². The molecular formula is C20H19NOS. The molecule has 0 fully saturated rings. The highest BCUT2D eigenvalue weighted by atomic mass is 32.2. The monoisotopic (exact) mass is 321 g/mol. The summed E-state index contributed by atoms with van der Waals surface area (Å²) in [4.78, 5) is 5.85. The second-order valence-electron chi connectivity index (χ2n) is 5.29. The number of methoxy groups -OCH3 is 1. The van der Waals surface area contributed by atoms with Crippen molar-refractivity contribution in [3.63, 3.8) is 0 Å². The van der Waals surface area contributed by atoms with Crippen LogP contribution >= 0.6 is 11.8 Å². The second-order valence-corrected chi connectivity index (χ2v) is 6.44. The number of rotatable bonds is 5. The molecule has 1 heterocycles. The number of benzene rings is 2. The van der Waals surface area contributed by atoms with Crippen LogP contribution < -0.4 is 4.74 Å². The molecule has 0 saturated heterocycles. The molecule has 0 aliphatic carbocycles. The minimum atomic E-state index is 0.156. The average Bonchev–Trinajstić information content (AvgIpc) is 2.62. The van der Waals surface area contributed by atoms with Crippen molar-refractivity contribution in [2.24, 2.45) is 0 Å². The smallest absolute Gasteiger partial charge is 0.118 e. The molecule has 0 aliphatic heterocycles. The molecule has 23 heavy (non-hydrogen) atoms. The molecule has 0 amide bonds. The zero-order chi connectivity index (χ0) is 16.1. The minimum absolute atomic E-state index is 0.156. The summed E-state index contributed by atoms with van der Waals surface area (Å²) in [5.74, 6) is 0.870. The third-order valence-corrected chi connectivity index (χ3v) is 5.17. The minimum Gasteiger partial charge on any atom is -0.497 e. The van der Waals surface area contributed by atoms with Crippen LogP contribution in [0.2, 0.25) is 0 Å². The quantitative estimate of drug-likeness (QED) is 0.597. The topological polar surface area (TPSA) is 22.1 Å². The van der Waals surface area contributed by atoms with E-state index in [9.17, 15) is 0 Å². The summed E-state index contributed by atoms with van der Waals surface area (Å²) in [7, 11) is 1.69. The number of pyridine rings is 1. The first-order chi connectivity index (χ1) is 11.3. The van der Waals surface area contributed by atoms with E-state index in [0.717, 1.165) is 11.4 Å². The van der Waals surface area contributed by atoms with Gasteiger partial charge >= 0.3 is 0 Å². The van der Waals surface area contributed by atoms with Gasteiger partial charge < -0.3 is 4.74 Å². The fourth-order valence-electron chi connectivity index (χ4n) is 2.42. The molecule has 116 valence electrons. The van der Waals surface area contributed by atoms with Gasteiger partial charge in [0.1, 0.15) is 5.75 Å². The predicted octanol–water partition coefficient (Wildman–Crippen LogP) is 5.28. The number of aromatic nitrogens is 1. The third kappa shape index (κ3) is 3.74. The Morgan fingerprint density at radius 1 is 0.913 bits per heavy atom. The van der Waals surface area contributed by atoms with E-state index in [4.69, 9.17) is 4.74 Å². The molecule has 0 N–H and O–H groups in total. The number of aryl methyl sites for hydroxylation is 1. The van der Waals surface area contributed by atoms with Crippen molar-refractivity contribution in [3.8, 4) is 5.75 Å². The zero-order valence-corrected chi connectivity index (χ0v) is 14.1. The van der Waals surface area contributed by atoms with Crippen molar-refractivity contribution in [3.05, 3.63) is 89.7 Å². The van der Waals surface area contributed by atoms with Gasteiger partial charge in [-0.1, -0.05) is 36.4 Å². The number of ether oxygens (including phenoxy) is 1.